The number of likely N-dealkylation sites (tertiary alicyclic amines) is 1. The van der Waals surface area contributed by atoms with Crippen molar-refractivity contribution in [2.24, 2.45) is 11.8 Å². The summed E-state index contributed by atoms with van der Waals surface area (Å²) in [4.78, 5) is 19.4. The van der Waals surface area contributed by atoms with Crippen molar-refractivity contribution in [1.82, 2.24) is 19.6 Å². The van der Waals surface area contributed by atoms with E-state index in [0.717, 1.165) is 38.0 Å². The Bertz CT molecular complexity index is 843. The van der Waals surface area contributed by atoms with Gasteiger partial charge < -0.3 is 16.2 Å². The lowest BCUT2D eigenvalue weighted by Gasteiger charge is -2.36. The zero-order chi connectivity index (χ0) is 20.4. The number of fused-ring (bicyclic) bond motifs is 1. The first-order valence-corrected chi connectivity index (χ1v) is 10.4. The molecule has 1 aliphatic rings. The lowest BCUT2D eigenvalue weighted by atomic mass is 9.95. The first kappa shape index (κ1) is 20.9. The highest BCUT2D eigenvalue weighted by Gasteiger charge is 2.26. The highest BCUT2D eigenvalue weighted by atomic mass is 35.5. The largest absolute Gasteiger partial charge is 0.384 e. The third kappa shape index (κ3) is 4.26. The average molecular weight is 408 g/mol. The molecule has 2 aromatic rings. The number of aromatic nitrogens is 2. The van der Waals surface area contributed by atoms with Gasteiger partial charge in [0, 0.05) is 25.8 Å². The zero-order valence-corrected chi connectivity index (χ0v) is 17.5. The van der Waals surface area contributed by atoms with Crippen molar-refractivity contribution in [3.8, 4) is 0 Å². The van der Waals surface area contributed by atoms with Crippen LogP contribution in [0.3, 0.4) is 0 Å². The van der Waals surface area contributed by atoms with Gasteiger partial charge in [-0.1, -0.05) is 32.4 Å². The fourth-order valence-electron chi connectivity index (χ4n) is 3.70. The maximum Gasteiger partial charge on any atom is 0.255 e. The van der Waals surface area contributed by atoms with E-state index >= 15 is 0 Å². The van der Waals surface area contributed by atoms with Crippen LogP contribution in [0.15, 0.2) is 12.3 Å². The number of anilines is 1. The number of nitrogens with two attached hydrogens (primary N) is 1. The molecule has 28 heavy (non-hydrogen) atoms. The van der Waals surface area contributed by atoms with Gasteiger partial charge in [-0.2, -0.15) is 0 Å². The van der Waals surface area contributed by atoms with Crippen LogP contribution in [0.1, 0.15) is 49.7 Å². The number of halogens is 1. The molecule has 1 amide bonds. The molecule has 1 fully saturated rings. The van der Waals surface area contributed by atoms with E-state index in [4.69, 9.17) is 17.3 Å². The maximum atomic E-state index is 12.8. The van der Waals surface area contributed by atoms with Gasteiger partial charge in [-0.3, -0.25) is 14.1 Å². The fourth-order valence-corrected chi connectivity index (χ4v) is 3.90. The minimum absolute atomic E-state index is 0.190. The molecular weight excluding hydrogens is 378 g/mol. The number of nitrogens with one attached hydrogen (secondary N) is 1. The number of rotatable bonds is 6. The van der Waals surface area contributed by atoms with Gasteiger partial charge in [0.25, 0.3) is 5.91 Å². The van der Waals surface area contributed by atoms with Gasteiger partial charge in [0.15, 0.2) is 5.65 Å². The van der Waals surface area contributed by atoms with E-state index in [0.29, 0.717) is 34.5 Å². The minimum atomic E-state index is -0.394. The van der Waals surface area contributed by atoms with Gasteiger partial charge >= 0.3 is 0 Å². The summed E-state index contributed by atoms with van der Waals surface area (Å²) in [6, 6.07) is 1.59. The van der Waals surface area contributed by atoms with Crippen LogP contribution in [0.4, 0.5) is 5.82 Å². The number of hydrogen-bond acceptors (Lipinski definition) is 5. The summed E-state index contributed by atoms with van der Waals surface area (Å²) in [6.07, 6.45) is 4.08. The molecule has 1 saturated heterocycles. The highest BCUT2D eigenvalue weighted by Crippen LogP contribution is 2.25. The second kappa shape index (κ2) is 8.68. The Morgan fingerprint density at radius 2 is 2.11 bits per heavy atom. The molecule has 1 unspecified atom stereocenters. The van der Waals surface area contributed by atoms with E-state index in [9.17, 15) is 9.90 Å². The van der Waals surface area contributed by atoms with Crippen molar-refractivity contribution in [1.29, 1.82) is 0 Å². The van der Waals surface area contributed by atoms with Crippen LogP contribution in [0.25, 0.3) is 5.65 Å². The highest BCUT2D eigenvalue weighted by molar-refractivity contribution is 6.33. The third-order valence-corrected chi connectivity index (χ3v) is 5.85. The van der Waals surface area contributed by atoms with Gasteiger partial charge in [-0.15, -0.1) is 0 Å². The van der Waals surface area contributed by atoms with E-state index in [1.54, 1.807) is 10.5 Å². The predicted molar refractivity (Wildman–Crippen MR) is 111 cm³/mol. The molecule has 3 heterocycles. The summed E-state index contributed by atoms with van der Waals surface area (Å²) in [5, 5.41) is 13.6. The zero-order valence-electron chi connectivity index (χ0n) is 16.8. The molecule has 0 saturated carbocycles. The smallest absolute Gasteiger partial charge is 0.255 e. The summed E-state index contributed by atoms with van der Waals surface area (Å²) in [5.74, 6) is 0.809. The van der Waals surface area contributed by atoms with Crippen LogP contribution in [0.5, 0.6) is 0 Å². The van der Waals surface area contributed by atoms with Gasteiger partial charge in [0.05, 0.1) is 16.3 Å². The molecule has 0 spiro atoms. The number of carbonyl (C=O) groups is 1. The van der Waals surface area contributed by atoms with E-state index in [1.807, 2.05) is 27.0 Å². The summed E-state index contributed by atoms with van der Waals surface area (Å²) in [7, 11) is 0. The molecule has 2 aromatic heterocycles. The Labute approximate surface area is 170 Å². The lowest BCUT2D eigenvalue weighted by Crippen LogP contribution is -2.45. The second-order valence-electron chi connectivity index (χ2n) is 7.92. The molecular formula is C20H30ClN5O2. The van der Waals surface area contributed by atoms with Crippen molar-refractivity contribution in [3.63, 3.8) is 0 Å². The Morgan fingerprint density at radius 1 is 1.43 bits per heavy atom. The van der Waals surface area contributed by atoms with Crippen molar-refractivity contribution in [2.45, 2.75) is 46.3 Å². The lowest BCUT2D eigenvalue weighted by molar-refractivity contribution is -0.0460. The molecule has 0 radical (unpaired) electrons. The third-order valence-electron chi connectivity index (χ3n) is 5.55. The standard InChI is InChI=1S/C20H30ClN5O2/c1-4-14-11-26-17(22)16(21)9-15(18(26)24-14)19(27)23-10-13-5-7-25(8-6-13)20(28)12(2)3/h9,11-13,20,28H,4-8,10,22H2,1-3H3,(H,23,27). The van der Waals surface area contributed by atoms with Gasteiger partial charge in [-0.05, 0) is 37.2 Å². The van der Waals surface area contributed by atoms with Crippen molar-refractivity contribution < 1.29 is 9.90 Å². The Hall–Kier alpha value is -1.83. The van der Waals surface area contributed by atoms with Crippen molar-refractivity contribution in [3.05, 3.63) is 28.5 Å². The molecule has 3 rings (SSSR count). The molecule has 154 valence electrons. The summed E-state index contributed by atoms with van der Waals surface area (Å²) in [6.45, 7) is 8.34. The molecule has 0 aromatic carbocycles. The summed E-state index contributed by atoms with van der Waals surface area (Å²) >= 11 is 6.23. The SMILES string of the molecule is CCc1cn2c(N)c(Cl)cc(C(=O)NCC3CCN(C(O)C(C)C)CC3)c2n1. The quantitative estimate of drug-likeness (QED) is 0.683. The maximum absolute atomic E-state index is 12.8. The van der Waals surface area contributed by atoms with Crippen LogP contribution in [-0.4, -0.2) is 51.2 Å². The number of nitrogens with zero attached hydrogens (tertiary/aromatic N) is 3. The molecule has 0 aliphatic carbocycles. The van der Waals surface area contributed by atoms with E-state index in [-0.39, 0.29) is 11.8 Å². The number of aliphatic hydroxyl groups is 1. The number of amides is 1. The minimum Gasteiger partial charge on any atom is -0.384 e. The average Bonchev–Trinajstić information content (AvgIpc) is 3.13. The fraction of sp³-hybridized carbons (Fsp3) is 0.600. The van der Waals surface area contributed by atoms with Crippen LogP contribution in [0.2, 0.25) is 5.02 Å². The van der Waals surface area contributed by atoms with E-state index in [2.05, 4.69) is 15.2 Å². The van der Waals surface area contributed by atoms with Crippen LogP contribution >= 0.6 is 11.6 Å². The van der Waals surface area contributed by atoms with E-state index in [1.165, 1.54) is 0 Å². The number of carbonyl (C=O) groups excluding carboxylic acids is 1. The molecule has 8 heteroatoms. The Morgan fingerprint density at radius 3 is 2.71 bits per heavy atom. The van der Waals surface area contributed by atoms with Gasteiger partial charge in [-0.25, -0.2) is 4.98 Å². The normalized spacial score (nSPS) is 17.4. The van der Waals surface area contributed by atoms with Crippen molar-refractivity contribution >= 4 is 29.0 Å². The number of aliphatic hydroxyl groups excluding tert-OH is 1. The molecule has 7 nitrogen and oxygen atoms in total. The Balaban J connectivity index is 1.65. The number of imidazole rings is 1. The molecule has 1 atom stereocenters. The van der Waals surface area contributed by atoms with Crippen LogP contribution in [0, 0.1) is 11.8 Å². The summed E-state index contributed by atoms with van der Waals surface area (Å²) in [5.41, 5.74) is 7.87. The second-order valence-corrected chi connectivity index (χ2v) is 8.32. The van der Waals surface area contributed by atoms with Crippen LogP contribution in [-0.2, 0) is 6.42 Å². The topological polar surface area (TPSA) is 95.9 Å². The Kier molecular flexibility index (Phi) is 6.47. The van der Waals surface area contributed by atoms with Gasteiger partial charge in [0.2, 0.25) is 0 Å². The van der Waals surface area contributed by atoms with Crippen LogP contribution < -0.4 is 11.1 Å². The number of pyridine rings is 1. The molecule has 4 N–H and O–H groups in total. The monoisotopic (exact) mass is 407 g/mol. The number of piperidine rings is 1. The number of aryl methyl sites for hydroxylation is 1. The summed E-state index contributed by atoms with van der Waals surface area (Å²) < 4.78 is 1.68. The first-order valence-electron chi connectivity index (χ1n) is 9.98. The molecule has 1 aliphatic heterocycles. The number of hydrogen-bond donors (Lipinski definition) is 3. The van der Waals surface area contributed by atoms with E-state index < -0.39 is 6.23 Å². The number of nitrogen functional groups attached to an aromatic ring is 1. The molecule has 0 bridgehead atoms. The predicted octanol–water partition coefficient (Wildman–Crippen LogP) is 2.55. The van der Waals surface area contributed by atoms with Crippen molar-refractivity contribution in [2.75, 3.05) is 25.4 Å². The van der Waals surface area contributed by atoms with Gasteiger partial charge in [0.1, 0.15) is 12.0 Å². The first-order chi connectivity index (χ1) is 13.3.